The van der Waals surface area contributed by atoms with Gasteiger partial charge in [-0.2, -0.15) is 0 Å². The normalized spacial score (nSPS) is 12.7. The van der Waals surface area contributed by atoms with Gasteiger partial charge in [-0.3, -0.25) is 9.59 Å². The molecule has 0 rings (SSSR count). The fraction of sp³-hybridized carbons (Fsp3) is 0.893. The van der Waals surface area contributed by atoms with E-state index in [0.29, 0.717) is 19.4 Å². The molecule has 0 aromatic rings. The molecule has 0 saturated heterocycles. The zero-order chi connectivity index (χ0) is 58.5. The van der Waals surface area contributed by atoms with E-state index in [1.54, 1.807) is 6.08 Å². The van der Waals surface area contributed by atoms with Gasteiger partial charge in [-0.25, -0.2) is 0 Å². The Hall–Kier alpha value is -1.92. The first kappa shape index (κ1) is 79.1. The third kappa shape index (κ3) is 67.1. The van der Waals surface area contributed by atoms with Gasteiger partial charge in [-0.1, -0.05) is 346 Å². The Morgan fingerprint density at radius 2 is 0.580 bits per heavy atom. The minimum Gasteiger partial charge on any atom is -0.466 e. The zero-order valence-electron chi connectivity index (χ0n) is 54.8. The molecule has 6 heteroatoms. The summed E-state index contributed by atoms with van der Waals surface area (Å²) >= 11 is 0. The number of unbranched alkanes of at least 4 members (excludes halogenated alkanes) is 54. The van der Waals surface area contributed by atoms with Crippen LogP contribution in [0, 0.1) is 0 Å². The van der Waals surface area contributed by atoms with Crippen LogP contribution in [0.4, 0.5) is 0 Å². The minimum absolute atomic E-state index is 0.00838. The van der Waals surface area contributed by atoms with Gasteiger partial charge in [-0.15, -0.1) is 0 Å². The largest absolute Gasteiger partial charge is 0.466 e. The third-order valence-corrected chi connectivity index (χ3v) is 17.1. The maximum Gasteiger partial charge on any atom is 0.305 e. The summed E-state index contributed by atoms with van der Waals surface area (Å²) in [6, 6.07) is -0.634. The molecule has 6 nitrogen and oxygen atoms in total. The van der Waals surface area contributed by atoms with Crippen molar-refractivity contribution in [1.29, 1.82) is 0 Å². The van der Waals surface area contributed by atoms with E-state index in [4.69, 9.17) is 4.74 Å². The summed E-state index contributed by atoms with van der Waals surface area (Å²) in [5.74, 6) is -0.0618. The SMILES string of the molecule is CCCCCCCC/C=C\CCCCCCCCCC(=O)OCCCCCCCCCCCCCC/C=C\CCCCCCCCCC(=O)NC(CO)C(O)/C=C/CCCCCCCCCCCCCCCCCCCCCCCC. The summed E-state index contributed by atoms with van der Waals surface area (Å²) in [4.78, 5) is 24.6. The Labute approximate surface area is 506 Å². The molecule has 2 unspecified atom stereocenters. The molecule has 0 spiro atoms. The van der Waals surface area contributed by atoms with E-state index in [0.717, 1.165) is 51.4 Å². The molecule has 3 N–H and O–H groups in total. The molecule has 0 fully saturated rings. The molecule has 0 aliphatic heterocycles. The number of aliphatic hydroxyl groups is 2. The monoisotopic (exact) mass is 1140 g/mol. The Balaban J connectivity index is 3.43. The highest BCUT2D eigenvalue weighted by Gasteiger charge is 2.18. The highest BCUT2D eigenvalue weighted by atomic mass is 16.5. The summed E-state index contributed by atoms with van der Waals surface area (Å²) < 4.78 is 5.50. The standard InChI is InChI=1S/C75H143NO5/c1-3-5-7-9-11-13-15-17-19-21-22-23-24-26-29-32-36-39-43-47-51-55-59-63-67-73(78)72(71-77)76-74(79)68-64-60-56-52-48-44-40-37-33-30-27-25-28-31-34-38-42-46-50-54-58-62-66-70-81-75(80)69-65-61-57-53-49-45-41-35-20-18-16-14-12-10-8-6-4-2/h18,20,30,33,63,67,72-73,77-78H,3-17,19,21-29,31-32,34-62,64-66,68-71H2,1-2H3,(H,76,79)/b20-18-,33-30-,67-63+. The van der Waals surface area contributed by atoms with Crippen molar-refractivity contribution in [2.45, 2.75) is 418 Å². The minimum atomic E-state index is -0.850. The Morgan fingerprint density at radius 1 is 0.333 bits per heavy atom. The molecule has 0 aliphatic carbocycles. The number of carbonyl (C=O) groups excluding carboxylic acids is 2. The van der Waals surface area contributed by atoms with Gasteiger partial charge in [-0.05, 0) is 83.5 Å². The number of ether oxygens (including phenoxy) is 1. The van der Waals surface area contributed by atoms with E-state index in [2.05, 4.69) is 43.5 Å². The quantitative estimate of drug-likeness (QED) is 0.0320. The van der Waals surface area contributed by atoms with Crippen LogP contribution in [0.1, 0.15) is 406 Å². The number of amides is 1. The first-order chi connectivity index (χ1) is 40.0. The number of esters is 1. The summed E-state index contributed by atoms with van der Waals surface area (Å²) in [5, 5.41) is 23.3. The number of carbonyl (C=O) groups is 2. The Bertz CT molecular complexity index is 1310. The number of hydrogen-bond acceptors (Lipinski definition) is 5. The predicted octanol–water partition coefficient (Wildman–Crippen LogP) is 23.9. The highest BCUT2D eigenvalue weighted by Crippen LogP contribution is 2.19. The predicted molar refractivity (Wildman–Crippen MR) is 356 cm³/mol. The number of rotatable bonds is 69. The van der Waals surface area contributed by atoms with Crippen molar-refractivity contribution < 1.29 is 24.5 Å². The van der Waals surface area contributed by atoms with Crippen molar-refractivity contribution in [3.8, 4) is 0 Å². The lowest BCUT2D eigenvalue weighted by atomic mass is 10.0. The summed E-state index contributed by atoms with van der Waals surface area (Å²) in [5.41, 5.74) is 0. The number of nitrogens with one attached hydrogen (secondary N) is 1. The van der Waals surface area contributed by atoms with E-state index in [1.807, 2.05) is 6.08 Å². The highest BCUT2D eigenvalue weighted by molar-refractivity contribution is 5.76. The van der Waals surface area contributed by atoms with Gasteiger partial charge < -0.3 is 20.3 Å². The van der Waals surface area contributed by atoms with E-state index >= 15 is 0 Å². The van der Waals surface area contributed by atoms with Crippen LogP contribution in [0.25, 0.3) is 0 Å². The number of aliphatic hydroxyl groups excluding tert-OH is 2. The second kappa shape index (κ2) is 70.6. The lowest BCUT2D eigenvalue weighted by Gasteiger charge is -2.20. The first-order valence-electron chi connectivity index (χ1n) is 36.8. The topological polar surface area (TPSA) is 95.9 Å². The zero-order valence-corrected chi connectivity index (χ0v) is 54.8. The van der Waals surface area contributed by atoms with Crippen LogP contribution in [0.15, 0.2) is 36.5 Å². The molecule has 0 bridgehead atoms. The second-order valence-corrected chi connectivity index (χ2v) is 25.3. The fourth-order valence-corrected chi connectivity index (χ4v) is 11.5. The van der Waals surface area contributed by atoms with Gasteiger partial charge in [0.2, 0.25) is 5.91 Å². The van der Waals surface area contributed by atoms with E-state index in [1.165, 1.54) is 327 Å². The summed E-state index contributed by atoms with van der Waals surface area (Å²) in [7, 11) is 0. The van der Waals surface area contributed by atoms with Crippen molar-refractivity contribution in [3.05, 3.63) is 36.5 Å². The number of hydrogen-bond donors (Lipinski definition) is 3. The van der Waals surface area contributed by atoms with Crippen molar-refractivity contribution >= 4 is 11.9 Å². The Kier molecular flexibility index (Phi) is 68.9. The molecule has 0 aromatic heterocycles. The molecule has 1 amide bonds. The van der Waals surface area contributed by atoms with Crippen LogP contribution in [0.3, 0.4) is 0 Å². The van der Waals surface area contributed by atoms with Gasteiger partial charge in [0.05, 0.1) is 25.4 Å². The Morgan fingerprint density at radius 3 is 0.877 bits per heavy atom. The van der Waals surface area contributed by atoms with Crippen LogP contribution in [-0.2, 0) is 14.3 Å². The molecule has 2 atom stereocenters. The van der Waals surface area contributed by atoms with E-state index < -0.39 is 12.1 Å². The van der Waals surface area contributed by atoms with Crippen LogP contribution in [-0.4, -0.2) is 47.4 Å². The van der Waals surface area contributed by atoms with E-state index in [9.17, 15) is 19.8 Å². The molecule has 478 valence electrons. The summed E-state index contributed by atoms with van der Waals surface area (Å²) in [6.07, 6.45) is 90.8. The van der Waals surface area contributed by atoms with Gasteiger partial charge in [0, 0.05) is 12.8 Å². The fourth-order valence-electron chi connectivity index (χ4n) is 11.5. The molecular formula is C75H143NO5. The van der Waals surface area contributed by atoms with Crippen molar-refractivity contribution in [3.63, 3.8) is 0 Å². The van der Waals surface area contributed by atoms with Gasteiger partial charge in [0.15, 0.2) is 0 Å². The van der Waals surface area contributed by atoms with Crippen molar-refractivity contribution in [2.75, 3.05) is 13.2 Å². The van der Waals surface area contributed by atoms with Crippen LogP contribution >= 0.6 is 0 Å². The molecule has 81 heavy (non-hydrogen) atoms. The van der Waals surface area contributed by atoms with Gasteiger partial charge in [0.25, 0.3) is 0 Å². The number of allylic oxidation sites excluding steroid dienone is 5. The maximum absolute atomic E-state index is 12.5. The smallest absolute Gasteiger partial charge is 0.305 e. The molecule has 0 saturated carbocycles. The van der Waals surface area contributed by atoms with E-state index in [-0.39, 0.29) is 18.5 Å². The van der Waals surface area contributed by atoms with Crippen molar-refractivity contribution in [1.82, 2.24) is 5.32 Å². The first-order valence-corrected chi connectivity index (χ1v) is 36.8. The van der Waals surface area contributed by atoms with Crippen molar-refractivity contribution in [2.24, 2.45) is 0 Å². The molecule has 0 aromatic carbocycles. The molecule has 0 aliphatic rings. The lowest BCUT2D eigenvalue weighted by molar-refractivity contribution is -0.143. The van der Waals surface area contributed by atoms with Crippen LogP contribution < -0.4 is 5.32 Å². The maximum atomic E-state index is 12.5. The van der Waals surface area contributed by atoms with Crippen LogP contribution in [0.2, 0.25) is 0 Å². The molecule has 0 radical (unpaired) electrons. The average Bonchev–Trinajstić information content (AvgIpc) is 3.47. The van der Waals surface area contributed by atoms with Gasteiger partial charge >= 0.3 is 5.97 Å². The average molecular weight is 1140 g/mol. The lowest BCUT2D eigenvalue weighted by Crippen LogP contribution is -2.45. The van der Waals surface area contributed by atoms with Crippen LogP contribution in [0.5, 0.6) is 0 Å². The second-order valence-electron chi connectivity index (χ2n) is 25.3. The molecule has 0 heterocycles. The molecular weight excluding hydrogens is 995 g/mol. The third-order valence-electron chi connectivity index (χ3n) is 17.1. The summed E-state index contributed by atoms with van der Waals surface area (Å²) in [6.45, 7) is 4.93. The van der Waals surface area contributed by atoms with Gasteiger partial charge in [0.1, 0.15) is 0 Å².